The first-order chi connectivity index (χ1) is 9.58. The monoisotopic (exact) mass is 286 g/mol. The van der Waals surface area contributed by atoms with Gasteiger partial charge in [0.25, 0.3) is 0 Å². The molecule has 0 saturated heterocycles. The molecule has 0 aliphatic rings. The van der Waals surface area contributed by atoms with E-state index in [-0.39, 0.29) is 6.04 Å². The van der Waals surface area contributed by atoms with Gasteiger partial charge in [0.1, 0.15) is 17.4 Å². The second kappa shape index (κ2) is 5.05. The van der Waals surface area contributed by atoms with Crippen LogP contribution >= 0.6 is 11.3 Å². The van der Waals surface area contributed by atoms with Gasteiger partial charge in [0.15, 0.2) is 0 Å². The van der Waals surface area contributed by atoms with E-state index in [1.165, 1.54) is 20.9 Å². The Morgan fingerprint density at radius 1 is 1.15 bits per heavy atom. The summed E-state index contributed by atoms with van der Waals surface area (Å²) >= 11 is 1.75. The van der Waals surface area contributed by atoms with Crippen molar-refractivity contribution in [2.75, 3.05) is 0 Å². The molecule has 20 heavy (non-hydrogen) atoms. The number of furan rings is 1. The van der Waals surface area contributed by atoms with E-state index in [2.05, 4.69) is 50.5 Å². The Balaban J connectivity index is 2.06. The van der Waals surface area contributed by atoms with Gasteiger partial charge in [-0.3, -0.25) is 5.84 Å². The number of hydrazine groups is 1. The zero-order valence-corrected chi connectivity index (χ0v) is 12.7. The van der Waals surface area contributed by atoms with Crippen molar-refractivity contribution in [3.8, 4) is 0 Å². The molecule has 0 spiro atoms. The highest BCUT2D eigenvalue weighted by molar-refractivity contribution is 7.12. The Hall–Kier alpha value is -1.62. The zero-order chi connectivity index (χ0) is 14.3. The molecular formula is C16H18N2OS. The lowest BCUT2D eigenvalue weighted by Crippen LogP contribution is -2.27. The molecular weight excluding hydrogens is 268 g/mol. The number of nitrogens with one attached hydrogen (secondary N) is 1. The maximum absolute atomic E-state index is 5.94. The van der Waals surface area contributed by atoms with Gasteiger partial charge in [-0.2, -0.15) is 0 Å². The Labute approximate surface area is 122 Å². The summed E-state index contributed by atoms with van der Waals surface area (Å²) in [5, 5.41) is 1.12. The van der Waals surface area contributed by atoms with Crippen LogP contribution in [0.5, 0.6) is 0 Å². The van der Waals surface area contributed by atoms with Crippen LogP contribution in [0.1, 0.15) is 32.7 Å². The average molecular weight is 286 g/mol. The van der Waals surface area contributed by atoms with Crippen LogP contribution in [0.2, 0.25) is 0 Å². The number of fused-ring (bicyclic) bond motifs is 1. The van der Waals surface area contributed by atoms with E-state index in [9.17, 15) is 0 Å². The van der Waals surface area contributed by atoms with E-state index in [4.69, 9.17) is 10.3 Å². The molecule has 3 nitrogen and oxygen atoms in total. The quantitative estimate of drug-likeness (QED) is 0.566. The maximum atomic E-state index is 5.94. The van der Waals surface area contributed by atoms with Gasteiger partial charge in [-0.05, 0) is 50.6 Å². The maximum Gasteiger partial charge on any atom is 0.134 e. The third kappa shape index (κ3) is 2.26. The number of nitrogens with two attached hydrogens (primary N) is 1. The van der Waals surface area contributed by atoms with E-state index in [1.54, 1.807) is 11.3 Å². The van der Waals surface area contributed by atoms with Crippen LogP contribution in [-0.2, 0) is 0 Å². The molecule has 2 aromatic heterocycles. The molecule has 1 aromatic carbocycles. The second-order valence-electron chi connectivity index (χ2n) is 5.18. The summed E-state index contributed by atoms with van der Waals surface area (Å²) in [7, 11) is 0. The van der Waals surface area contributed by atoms with Crippen LogP contribution in [0, 0.1) is 20.8 Å². The average Bonchev–Trinajstić information content (AvgIpc) is 2.95. The third-order valence-electron chi connectivity index (χ3n) is 3.61. The fourth-order valence-corrected chi connectivity index (χ4v) is 3.49. The molecule has 0 amide bonds. The van der Waals surface area contributed by atoms with Gasteiger partial charge in [-0.1, -0.05) is 11.6 Å². The fraction of sp³-hybridized carbons (Fsp3) is 0.250. The van der Waals surface area contributed by atoms with Crippen molar-refractivity contribution in [1.82, 2.24) is 5.43 Å². The first kappa shape index (κ1) is 13.4. The van der Waals surface area contributed by atoms with Gasteiger partial charge in [0.2, 0.25) is 0 Å². The minimum Gasteiger partial charge on any atom is -0.459 e. The van der Waals surface area contributed by atoms with Crippen molar-refractivity contribution in [2.45, 2.75) is 26.8 Å². The summed E-state index contributed by atoms with van der Waals surface area (Å²) in [4.78, 5) is 2.49. The second-order valence-corrected chi connectivity index (χ2v) is 6.47. The smallest absolute Gasteiger partial charge is 0.134 e. The number of thiophene rings is 1. The largest absolute Gasteiger partial charge is 0.459 e. The molecule has 0 aliphatic carbocycles. The lowest BCUT2D eigenvalue weighted by molar-refractivity contribution is 0.481. The fourth-order valence-electron chi connectivity index (χ4n) is 2.37. The van der Waals surface area contributed by atoms with E-state index < -0.39 is 0 Å². The normalized spacial score (nSPS) is 13.0. The molecule has 2 heterocycles. The lowest BCUT2D eigenvalue weighted by atomic mass is 10.1. The third-order valence-corrected chi connectivity index (χ3v) is 4.83. The molecule has 0 radical (unpaired) electrons. The summed E-state index contributed by atoms with van der Waals surface area (Å²) in [6.45, 7) is 6.32. The van der Waals surface area contributed by atoms with Crippen molar-refractivity contribution in [3.63, 3.8) is 0 Å². The highest BCUT2D eigenvalue weighted by atomic mass is 32.1. The van der Waals surface area contributed by atoms with E-state index in [0.717, 1.165) is 16.7 Å². The van der Waals surface area contributed by atoms with Crippen molar-refractivity contribution in [1.29, 1.82) is 0 Å². The number of rotatable bonds is 3. The van der Waals surface area contributed by atoms with Crippen molar-refractivity contribution in [3.05, 3.63) is 57.0 Å². The summed E-state index contributed by atoms with van der Waals surface area (Å²) in [6, 6.07) is 10.3. The Morgan fingerprint density at radius 3 is 2.60 bits per heavy atom. The first-order valence-corrected chi connectivity index (χ1v) is 7.43. The van der Waals surface area contributed by atoms with Crippen molar-refractivity contribution >= 4 is 22.3 Å². The van der Waals surface area contributed by atoms with Crippen LogP contribution in [0.3, 0.4) is 0 Å². The van der Waals surface area contributed by atoms with Gasteiger partial charge in [0.05, 0.1) is 0 Å². The van der Waals surface area contributed by atoms with Crippen molar-refractivity contribution in [2.24, 2.45) is 5.84 Å². The minimum absolute atomic E-state index is 0.0971. The highest BCUT2D eigenvalue weighted by Crippen LogP contribution is 2.33. The first-order valence-electron chi connectivity index (χ1n) is 6.61. The number of hydrogen-bond donors (Lipinski definition) is 2. The number of aryl methyl sites for hydroxylation is 3. The van der Waals surface area contributed by atoms with E-state index in [0.29, 0.717) is 0 Å². The van der Waals surface area contributed by atoms with Crippen LogP contribution in [0.4, 0.5) is 0 Å². The topological polar surface area (TPSA) is 51.2 Å². The summed E-state index contributed by atoms with van der Waals surface area (Å²) in [6.07, 6.45) is 0. The van der Waals surface area contributed by atoms with E-state index in [1.807, 2.05) is 6.07 Å². The van der Waals surface area contributed by atoms with Gasteiger partial charge in [-0.15, -0.1) is 11.3 Å². The number of benzene rings is 1. The molecule has 104 valence electrons. The molecule has 0 aliphatic heterocycles. The molecule has 3 rings (SSSR count). The Bertz CT molecular complexity index is 738. The summed E-state index contributed by atoms with van der Waals surface area (Å²) in [5.41, 5.74) is 6.28. The molecule has 0 bridgehead atoms. The van der Waals surface area contributed by atoms with E-state index >= 15 is 0 Å². The predicted octanol–water partition coefficient (Wildman–Crippen LogP) is 3.97. The van der Waals surface area contributed by atoms with Crippen LogP contribution in [0.15, 0.2) is 34.7 Å². The standard InChI is InChI=1S/C16H18N2OS/c1-9-4-5-13-12(6-9)8-14(19-13)16(18-17)15-7-10(2)11(3)20-15/h4-8,16,18H,17H2,1-3H3. The predicted molar refractivity (Wildman–Crippen MR) is 83.9 cm³/mol. The Kier molecular flexibility index (Phi) is 3.38. The van der Waals surface area contributed by atoms with Crippen molar-refractivity contribution < 1.29 is 4.42 Å². The van der Waals surface area contributed by atoms with Gasteiger partial charge >= 0.3 is 0 Å². The summed E-state index contributed by atoms with van der Waals surface area (Å²) in [5.74, 6) is 6.60. The zero-order valence-electron chi connectivity index (χ0n) is 11.9. The van der Waals surface area contributed by atoms with Crippen LogP contribution in [-0.4, -0.2) is 0 Å². The van der Waals surface area contributed by atoms with Crippen LogP contribution < -0.4 is 11.3 Å². The lowest BCUT2D eigenvalue weighted by Gasteiger charge is -2.10. The molecule has 1 atom stereocenters. The van der Waals surface area contributed by atoms with Gasteiger partial charge in [-0.25, -0.2) is 5.43 Å². The molecule has 4 heteroatoms. The molecule has 0 fully saturated rings. The SMILES string of the molecule is Cc1ccc2oc(C(NN)c3cc(C)c(C)s3)cc2c1. The Morgan fingerprint density at radius 2 is 1.95 bits per heavy atom. The summed E-state index contributed by atoms with van der Waals surface area (Å²) < 4.78 is 5.94. The molecule has 0 saturated carbocycles. The molecule has 3 N–H and O–H groups in total. The number of hydrogen-bond acceptors (Lipinski definition) is 4. The van der Waals surface area contributed by atoms with Gasteiger partial charge < -0.3 is 4.42 Å². The molecule has 1 unspecified atom stereocenters. The van der Waals surface area contributed by atoms with Gasteiger partial charge in [0, 0.05) is 15.1 Å². The highest BCUT2D eigenvalue weighted by Gasteiger charge is 2.19. The minimum atomic E-state index is -0.0971. The van der Waals surface area contributed by atoms with Crippen LogP contribution in [0.25, 0.3) is 11.0 Å². The molecule has 3 aromatic rings.